The van der Waals surface area contributed by atoms with E-state index < -0.39 is 12.2 Å². The molecule has 0 aromatic heterocycles. The van der Waals surface area contributed by atoms with Crippen LogP contribution in [0.4, 0.5) is 0 Å². The molecule has 0 bridgehead atoms. The summed E-state index contributed by atoms with van der Waals surface area (Å²) in [5.74, 6) is 1.45. The van der Waals surface area contributed by atoms with E-state index in [4.69, 9.17) is 14.2 Å². The van der Waals surface area contributed by atoms with Gasteiger partial charge < -0.3 is 19.3 Å². The van der Waals surface area contributed by atoms with Crippen molar-refractivity contribution in [3.8, 4) is 11.5 Å². The second-order valence-corrected chi connectivity index (χ2v) is 6.58. The van der Waals surface area contributed by atoms with E-state index >= 15 is 0 Å². The Kier molecular flexibility index (Phi) is 7.06. The lowest BCUT2D eigenvalue weighted by molar-refractivity contribution is -0.0128. The number of hydrogen-bond acceptors (Lipinski definition) is 4. The molecule has 4 nitrogen and oxygen atoms in total. The summed E-state index contributed by atoms with van der Waals surface area (Å²) in [6.07, 6.45) is -0.606. The van der Waals surface area contributed by atoms with Gasteiger partial charge in [0, 0.05) is 19.6 Å². The molecule has 2 atom stereocenters. The van der Waals surface area contributed by atoms with Crippen LogP contribution in [0.5, 0.6) is 11.5 Å². The van der Waals surface area contributed by atoms with Gasteiger partial charge in [-0.05, 0) is 22.8 Å². The minimum atomic E-state index is -0.727. The van der Waals surface area contributed by atoms with E-state index in [-0.39, 0.29) is 0 Å². The van der Waals surface area contributed by atoms with E-state index in [1.165, 1.54) is 0 Å². The van der Waals surface area contributed by atoms with E-state index in [0.29, 0.717) is 13.0 Å². The largest absolute Gasteiger partial charge is 0.497 e. The van der Waals surface area contributed by atoms with Crippen LogP contribution in [0.15, 0.2) is 78.9 Å². The van der Waals surface area contributed by atoms with Crippen molar-refractivity contribution in [1.82, 2.24) is 0 Å². The van der Waals surface area contributed by atoms with E-state index in [9.17, 15) is 5.11 Å². The molecule has 0 heterocycles. The molecule has 0 aliphatic heterocycles. The zero-order valence-corrected chi connectivity index (χ0v) is 16.2. The first kappa shape index (κ1) is 19.9. The lowest BCUT2D eigenvalue weighted by Gasteiger charge is -2.23. The summed E-state index contributed by atoms with van der Waals surface area (Å²) in [5, 5.41) is 10.8. The molecule has 0 aliphatic carbocycles. The van der Waals surface area contributed by atoms with Crippen LogP contribution in [0.2, 0.25) is 0 Å². The highest BCUT2D eigenvalue weighted by Crippen LogP contribution is 2.30. The fourth-order valence-electron chi connectivity index (χ4n) is 3.11. The number of benzene rings is 3. The summed E-state index contributed by atoms with van der Waals surface area (Å²) in [6, 6.07) is 25.3. The van der Waals surface area contributed by atoms with Crippen LogP contribution in [-0.2, 0) is 17.8 Å². The van der Waals surface area contributed by atoms with Crippen LogP contribution in [0.1, 0.15) is 22.8 Å². The van der Waals surface area contributed by atoms with Gasteiger partial charge in [0.1, 0.15) is 24.2 Å². The van der Waals surface area contributed by atoms with Crippen LogP contribution in [0.25, 0.3) is 0 Å². The van der Waals surface area contributed by atoms with Gasteiger partial charge in [0.05, 0.1) is 13.2 Å². The Morgan fingerprint density at radius 2 is 1.54 bits per heavy atom. The molecule has 0 radical (unpaired) electrons. The molecule has 0 saturated carbocycles. The Bertz CT molecular complexity index is 849. The minimum Gasteiger partial charge on any atom is -0.497 e. The van der Waals surface area contributed by atoms with E-state index in [0.717, 1.165) is 28.2 Å². The Morgan fingerprint density at radius 3 is 2.18 bits per heavy atom. The molecule has 146 valence electrons. The lowest BCUT2D eigenvalue weighted by Crippen LogP contribution is -2.23. The van der Waals surface area contributed by atoms with Gasteiger partial charge in [-0.2, -0.15) is 0 Å². The number of ether oxygens (including phenoxy) is 3. The Balaban J connectivity index is 1.79. The molecule has 0 amide bonds. The first-order chi connectivity index (χ1) is 13.7. The van der Waals surface area contributed by atoms with Crippen LogP contribution >= 0.6 is 0 Å². The number of hydrogen-bond donors (Lipinski definition) is 1. The third-order valence-corrected chi connectivity index (χ3v) is 4.73. The molecule has 1 N–H and O–H groups in total. The molecule has 3 aromatic carbocycles. The molecule has 0 spiro atoms. The quantitative estimate of drug-likeness (QED) is 0.593. The first-order valence-electron chi connectivity index (χ1n) is 9.30. The van der Waals surface area contributed by atoms with Crippen molar-refractivity contribution in [2.75, 3.05) is 14.2 Å². The highest BCUT2D eigenvalue weighted by atomic mass is 16.5. The van der Waals surface area contributed by atoms with Crippen molar-refractivity contribution < 1.29 is 19.3 Å². The highest BCUT2D eigenvalue weighted by Gasteiger charge is 2.22. The third-order valence-electron chi connectivity index (χ3n) is 4.73. The van der Waals surface area contributed by atoms with Crippen molar-refractivity contribution in [2.24, 2.45) is 0 Å². The van der Waals surface area contributed by atoms with Crippen molar-refractivity contribution in [3.05, 3.63) is 95.6 Å². The average molecular weight is 378 g/mol. The minimum absolute atomic E-state index is 0.394. The summed E-state index contributed by atoms with van der Waals surface area (Å²) in [5.41, 5.74) is 2.87. The maximum atomic E-state index is 10.8. The molecule has 0 unspecified atom stereocenters. The van der Waals surface area contributed by atoms with Gasteiger partial charge in [0.25, 0.3) is 0 Å². The van der Waals surface area contributed by atoms with Crippen molar-refractivity contribution in [1.29, 1.82) is 0 Å². The molecule has 0 saturated heterocycles. The molecule has 0 aliphatic rings. The number of rotatable bonds is 9. The average Bonchev–Trinajstić information content (AvgIpc) is 2.77. The van der Waals surface area contributed by atoms with Gasteiger partial charge >= 0.3 is 0 Å². The fourth-order valence-corrected chi connectivity index (χ4v) is 3.11. The van der Waals surface area contributed by atoms with Crippen LogP contribution < -0.4 is 9.47 Å². The smallest absolute Gasteiger partial charge is 0.126 e. The standard InChI is InChI=1S/C24H26O4/c1-26-21-14-13-20(22(16-21)28-17-18-9-5-3-6-10-18)15-23(27-2)24(25)19-11-7-4-8-12-19/h3-14,16,23-25H,15,17H2,1-2H3/t23-,24-/m1/s1. The summed E-state index contributed by atoms with van der Waals surface area (Å²) < 4.78 is 17.0. The summed E-state index contributed by atoms with van der Waals surface area (Å²) >= 11 is 0. The van der Waals surface area contributed by atoms with E-state index in [1.54, 1.807) is 14.2 Å². The zero-order chi connectivity index (χ0) is 19.8. The first-order valence-corrected chi connectivity index (χ1v) is 9.30. The van der Waals surface area contributed by atoms with Gasteiger partial charge in [-0.15, -0.1) is 0 Å². The molecule has 3 rings (SSSR count). The van der Waals surface area contributed by atoms with Gasteiger partial charge in [0.2, 0.25) is 0 Å². The molecular formula is C24H26O4. The summed E-state index contributed by atoms with van der Waals surface area (Å²) in [6.45, 7) is 0.458. The Hall–Kier alpha value is -2.82. The number of methoxy groups -OCH3 is 2. The van der Waals surface area contributed by atoms with E-state index in [2.05, 4.69) is 0 Å². The zero-order valence-electron chi connectivity index (χ0n) is 16.2. The van der Waals surface area contributed by atoms with Crippen LogP contribution in [-0.4, -0.2) is 25.4 Å². The number of aliphatic hydroxyl groups excluding tert-OH is 1. The van der Waals surface area contributed by atoms with Crippen LogP contribution in [0, 0.1) is 0 Å². The molecular weight excluding hydrogens is 352 g/mol. The van der Waals surface area contributed by atoms with Gasteiger partial charge in [-0.1, -0.05) is 66.7 Å². The van der Waals surface area contributed by atoms with Gasteiger partial charge in [-0.25, -0.2) is 0 Å². The van der Waals surface area contributed by atoms with Crippen molar-refractivity contribution in [3.63, 3.8) is 0 Å². The highest BCUT2D eigenvalue weighted by molar-refractivity contribution is 5.41. The van der Waals surface area contributed by atoms with Gasteiger partial charge in [-0.3, -0.25) is 0 Å². The van der Waals surface area contributed by atoms with E-state index in [1.807, 2.05) is 78.9 Å². The lowest BCUT2D eigenvalue weighted by atomic mass is 9.97. The Morgan fingerprint density at radius 1 is 0.857 bits per heavy atom. The molecule has 28 heavy (non-hydrogen) atoms. The Labute approximate surface area is 166 Å². The molecule has 3 aromatic rings. The van der Waals surface area contributed by atoms with Gasteiger partial charge in [0.15, 0.2) is 0 Å². The normalized spacial score (nSPS) is 13.0. The molecule has 4 heteroatoms. The number of aliphatic hydroxyl groups is 1. The topological polar surface area (TPSA) is 47.9 Å². The fraction of sp³-hybridized carbons (Fsp3) is 0.250. The summed E-state index contributed by atoms with van der Waals surface area (Å²) in [4.78, 5) is 0. The second-order valence-electron chi connectivity index (χ2n) is 6.58. The predicted octanol–water partition coefficient (Wildman–Crippen LogP) is 4.57. The monoisotopic (exact) mass is 378 g/mol. The second kappa shape index (κ2) is 9.93. The summed E-state index contributed by atoms with van der Waals surface area (Å²) in [7, 11) is 3.25. The SMILES string of the molecule is COc1ccc(C[C@@H](OC)[C@H](O)c2ccccc2)c(OCc2ccccc2)c1. The predicted molar refractivity (Wildman–Crippen MR) is 110 cm³/mol. The third kappa shape index (κ3) is 5.12. The maximum absolute atomic E-state index is 10.8. The molecule has 0 fully saturated rings. The van der Waals surface area contributed by atoms with Crippen molar-refractivity contribution >= 4 is 0 Å². The van der Waals surface area contributed by atoms with Crippen molar-refractivity contribution in [2.45, 2.75) is 25.2 Å². The maximum Gasteiger partial charge on any atom is 0.126 e. The van der Waals surface area contributed by atoms with Crippen LogP contribution in [0.3, 0.4) is 0 Å².